The van der Waals surface area contributed by atoms with Crippen LogP contribution in [0.3, 0.4) is 0 Å². The Kier molecular flexibility index (Phi) is 4.20. The van der Waals surface area contributed by atoms with Gasteiger partial charge >= 0.3 is 0 Å². The number of benzene rings is 1. The molecule has 0 spiro atoms. The number of carbonyl (C=O) groups is 1. The Morgan fingerprint density at radius 2 is 2.00 bits per heavy atom. The predicted octanol–water partition coefficient (Wildman–Crippen LogP) is 1.68. The van der Waals surface area contributed by atoms with Crippen molar-refractivity contribution in [2.24, 2.45) is 0 Å². The topological polar surface area (TPSA) is 62.2 Å². The van der Waals surface area contributed by atoms with Crippen LogP contribution in [0.4, 0.5) is 4.39 Å². The van der Waals surface area contributed by atoms with E-state index in [-0.39, 0.29) is 24.0 Å². The molecule has 5 heteroatoms. The maximum Gasteiger partial charge on any atom is 0.269 e. The molecule has 0 fully saturated rings. The molecule has 1 aromatic carbocycles. The number of rotatable bonds is 4. The second kappa shape index (κ2) is 6.06. The first-order valence-electron chi connectivity index (χ1n) is 5.79. The molecule has 0 saturated heterocycles. The van der Waals surface area contributed by atoms with E-state index in [1.165, 1.54) is 30.5 Å². The number of nitrogens with one attached hydrogen (secondary N) is 1. The van der Waals surface area contributed by atoms with Gasteiger partial charge in [-0.2, -0.15) is 0 Å². The summed E-state index contributed by atoms with van der Waals surface area (Å²) in [6.45, 7) is 0.0427. The molecule has 2 rings (SSSR count). The quantitative estimate of drug-likeness (QED) is 0.879. The lowest BCUT2D eigenvalue weighted by atomic mass is 10.1. The van der Waals surface area contributed by atoms with Crippen molar-refractivity contribution in [2.75, 3.05) is 6.54 Å². The van der Waals surface area contributed by atoms with Crippen molar-refractivity contribution in [2.45, 2.75) is 6.10 Å². The molecule has 98 valence electrons. The Labute approximate surface area is 109 Å². The summed E-state index contributed by atoms with van der Waals surface area (Å²) in [5.41, 5.74) is 0.830. The molecule has 0 aliphatic carbocycles. The summed E-state index contributed by atoms with van der Waals surface area (Å²) >= 11 is 0. The van der Waals surface area contributed by atoms with Gasteiger partial charge in [-0.15, -0.1) is 0 Å². The summed E-state index contributed by atoms with van der Waals surface area (Å²) in [6, 6.07) is 10.5. The Bertz CT molecular complexity index is 543. The lowest BCUT2D eigenvalue weighted by Crippen LogP contribution is -2.28. The molecular weight excluding hydrogens is 247 g/mol. The largest absolute Gasteiger partial charge is 0.387 e. The highest BCUT2D eigenvalue weighted by Gasteiger charge is 2.11. The normalized spacial score (nSPS) is 11.9. The summed E-state index contributed by atoms with van der Waals surface area (Å²) in [5, 5.41) is 12.4. The number of amides is 1. The monoisotopic (exact) mass is 260 g/mol. The first-order chi connectivity index (χ1) is 9.16. The minimum absolute atomic E-state index is 0.0427. The fourth-order valence-electron chi connectivity index (χ4n) is 1.58. The maximum atomic E-state index is 12.7. The van der Waals surface area contributed by atoms with Gasteiger partial charge in [-0.05, 0) is 29.8 Å². The zero-order valence-electron chi connectivity index (χ0n) is 10.1. The number of aliphatic hydroxyl groups is 1. The van der Waals surface area contributed by atoms with Crippen molar-refractivity contribution in [1.29, 1.82) is 0 Å². The van der Waals surface area contributed by atoms with Crippen LogP contribution < -0.4 is 5.32 Å². The van der Waals surface area contributed by atoms with Crippen molar-refractivity contribution in [1.82, 2.24) is 10.3 Å². The minimum Gasteiger partial charge on any atom is -0.387 e. The number of nitrogens with zero attached hydrogens (tertiary/aromatic N) is 1. The van der Waals surface area contributed by atoms with Gasteiger partial charge in [0.05, 0.1) is 6.10 Å². The second-order valence-corrected chi connectivity index (χ2v) is 3.99. The van der Waals surface area contributed by atoms with Crippen LogP contribution in [-0.2, 0) is 0 Å². The highest BCUT2D eigenvalue weighted by Crippen LogP contribution is 2.12. The lowest BCUT2D eigenvalue weighted by molar-refractivity contribution is 0.0911. The van der Waals surface area contributed by atoms with Crippen LogP contribution >= 0.6 is 0 Å². The summed E-state index contributed by atoms with van der Waals surface area (Å²) in [6.07, 6.45) is 0.638. The third-order valence-electron chi connectivity index (χ3n) is 2.61. The smallest absolute Gasteiger partial charge is 0.269 e. The summed E-state index contributed by atoms with van der Waals surface area (Å²) in [5.74, 6) is -0.727. The highest BCUT2D eigenvalue weighted by atomic mass is 19.1. The minimum atomic E-state index is -0.881. The van der Waals surface area contributed by atoms with Crippen LogP contribution in [0.25, 0.3) is 0 Å². The van der Waals surface area contributed by atoms with E-state index in [1.807, 2.05) is 0 Å². The van der Waals surface area contributed by atoms with E-state index >= 15 is 0 Å². The number of aliphatic hydroxyl groups excluding tert-OH is 1. The van der Waals surface area contributed by atoms with E-state index in [4.69, 9.17) is 0 Å². The average molecular weight is 260 g/mol. The molecule has 2 aromatic rings. The van der Waals surface area contributed by atoms with E-state index in [2.05, 4.69) is 10.3 Å². The van der Waals surface area contributed by atoms with Crippen LogP contribution in [0.1, 0.15) is 22.2 Å². The summed E-state index contributed by atoms with van der Waals surface area (Å²) in [4.78, 5) is 15.6. The van der Waals surface area contributed by atoms with Gasteiger partial charge in [-0.25, -0.2) is 4.39 Å². The third kappa shape index (κ3) is 3.59. The van der Waals surface area contributed by atoms with Gasteiger partial charge in [0.1, 0.15) is 11.5 Å². The molecule has 2 N–H and O–H groups in total. The standard InChI is InChI=1S/C14H13FN2O2/c15-11-6-4-10(5-7-11)13(18)9-17-14(19)12-3-1-2-8-16-12/h1-8,13,18H,9H2,(H,17,19). The molecule has 0 aliphatic heterocycles. The Balaban J connectivity index is 1.92. The molecule has 1 atom stereocenters. The Morgan fingerprint density at radius 1 is 1.26 bits per heavy atom. The number of hydrogen-bond donors (Lipinski definition) is 2. The van der Waals surface area contributed by atoms with Gasteiger partial charge in [0.2, 0.25) is 0 Å². The Morgan fingerprint density at radius 3 is 2.63 bits per heavy atom. The third-order valence-corrected chi connectivity index (χ3v) is 2.61. The molecule has 1 aromatic heterocycles. The SMILES string of the molecule is O=C(NCC(O)c1ccc(F)cc1)c1ccccn1. The first-order valence-corrected chi connectivity index (χ1v) is 5.79. The van der Waals surface area contributed by atoms with Crippen LogP contribution in [0.15, 0.2) is 48.7 Å². The molecule has 0 radical (unpaired) electrons. The van der Waals surface area contributed by atoms with E-state index in [9.17, 15) is 14.3 Å². The van der Waals surface area contributed by atoms with Crippen LogP contribution in [-0.4, -0.2) is 22.5 Å². The van der Waals surface area contributed by atoms with Crippen LogP contribution in [0, 0.1) is 5.82 Å². The van der Waals surface area contributed by atoms with Crippen molar-refractivity contribution < 1.29 is 14.3 Å². The first kappa shape index (κ1) is 13.2. The Hall–Kier alpha value is -2.27. The number of carbonyl (C=O) groups excluding carboxylic acids is 1. The number of halogens is 1. The van der Waals surface area contributed by atoms with E-state index < -0.39 is 6.10 Å². The van der Waals surface area contributed by atoms with Gasteiger partial charge in [0, 0.05) is 12.7 Å². The highest BCUT2D eigenvalue weighted by molar-refractivity contribution is 5.92. The molecule has 1 heterocycles. The maximum absolute atomic E-state index is 12.7. The predicted molar refractivity (Wildman–Crippen MR) is 67.9 cm³/mol. The summed E-state index contributed by atoms with van der Waals surface area (Å²) in [7, 11) is 0. The lowest BCUT2D eigenvalue weighted by Gasteiger charge is -2.12. The zero-order valence-corrected chi connectivity index (χ0v) is 10.1. The number of pyridine rings is 1. The fourth-order valence-corrected chi connectivity index (χ4v) is 1.58. The fraction of sp³-hybridized carbons (Fsp3) is 0.143. The number of hydrogen-bond acceptors (Lipinski definition) is 3. The molecule has 0 bridgehead atoms. The van der Waals surface area contributed by atoms with Crippen LogP contribution in [0.5, 0.6) is 0 Å². The summed E-state index contributed by atoms with van der Waals surface area (Å²) < 4.78 is 12.7. The molecular formula is C14H13FN2O2. The van der Waals surface area contributed by atoms with Gasteiger partial charge in [-0.3, -0.25) is 9.78 Å². The van der Waals surface area contributed by atoms with Crippen LogP contribution in [0.2, 0.25) is 0 Å². The van der Waals surface area contributed by atoms with Crippen molar-refractivity contribution in [3.05, 3.63) is 65.7 Å². The number of aromatic nitrogens is 1. The van der Waals surface area contributed by atoms with Crippen molar-refractivity contribution in [3.63, 3.8) is 0 Å². The molecule has 4 nitrogen and oxygen atoms in total. The average Bonchev–Trinajstić information content (AvgIpc) is 2.46. The molecule has 19 heavy (non-hydrogen) atoms. The van der Waals surface area contributed by atoms with E-state index in [0.29, 0.717) is 5.56 Å². The second-order valence-electron chi connectivity index (χ2n) is 3.99. The van der Waals surface area contributed by atoms with E-state index in [0.717, 1.165) is 0 Å². The van der Waals surface area contributed by atoms with Crippen molar-refractivity contribution >= 4 is 5.91 Å². The molecule has 0 saturated carbocycles. The van der Waals surface area contributed by atoms with Gasteiger partial charge in [-0.1, -0.05) is 18.2 Å². The van der Waals surface area contributed by atoms with E-state index in [1.54, 1.807) is 18.2 Å². The van der Waals surface area contributed by atoms with Gasteiger partial charge in [0.15, 0.2) is 0 Å². The molecule has 0 aliphatic rings. The van der Waals surface area contributed by atoms with Gasteiger partial charge < -0.3 is 10.4 Å². The molecule has 1 amide bonds. The zero-order chi connectivity index (χ0) is 13.7. The van der Waals surface area contributed by atoms with Gasteiger partial charge in [0.25, 0.3) is 5.91 Å². The molecule has 1 unspecified atom stereocenters. The van der Waals surface area contributed by atoms with Crippen molar-refractivity contribution in [3.8, 4) is 0 Å².